The molecular weight excluding hydrogens is 312 g/mol. The molecule has 0 saturated heterocycles. The van der Waals surface area contributed by atoms with Crippen molar-refractivity contribution in [2.75, 3.05) is 7.11 Å². The molecular formula is C10H10Br2O2. The topological polar surface area (TPSA) is 26.3 Å². The fourth-order valence-electron chi connectivity index (χ4n) is 1.11. The number of rotatable bonds is 2. The Hall–Kier alpha value is -0.350. The number of carbonyl (C=O) groups is 1. The molecule has 0 bridgehead atoms. The van der Waals surface area contributed by atoms with E-state index in [1.807, 2.05) is 13.0 Å². The van der Waals surface area contributed by atoms with Crippen molar-refractivity contribution in [2.45, 2.75) is 12.3 Å². The Balaban J connectivity index is 3.22. The van der Waals surface area contributed by atoms with Crippen LogP contribution in [-0.4, -0.2) is 13.1 Å². The van der Waals surface area contributed by atoms with E-state index >= 15 is 0 Å². The normalized spacial score (nSPS) is 10.0. The summed E-state index contributed by atoms with van der Waals surface area (Å²) in [5.41, 5.74) is 2.79. The lowest BCUT2D eigenvalue weighted by Crippen LogP contribution is -2.03. The van der Waals surface area contributed by atoms with Crippen LogP contribution in [0.1, 0.15) is 21.5 Å². The van der Waals surface area contributed by atoms with Crippen LogP contribution in [0, 0.1) is 6.92 Å². The number of methoxy groups -OCH3 is 1. The van der Waals surface area contributed by atoms with E-state index in [1.54, 1.807) is 6.07 Å². The quantitative estimate of drug-likeness (QED) is 0.616. The smallest absolute Gasteiger partial charge is 0.337 e. The van der Waals surface area contributed by atoms with Gasteiger partial charge >= 0.3 is 5.97 Å². The molecule has 76 valence electrons. The molecule has 2 nitrogen and oxygen atoms in total. The van der Waals surface area contributed by atoms with E-state index in [1.165, 1.54) is 7.11 Å². The third kappa shape index (κ3) is 2.36. The number of carbonyl (C=O) groups excluding carboxylic acids is 1. The summed E-state index contributed by atoms with van der Waals surface area (Å²) < 4.78 is 5.58. The first kappa shape index (κ1) is 11.7. The zero-order chi connectivity index (χ0) is 10.7. The molecule has 0 aliphatic heterocycles. The van der Waals surface area contributed by atoms with Crippen molar-refractivity contribution in [3.8, 4) is 0 Å². The number of alkyl halides is 1. The van der Waals surface area contributed by atoms with Crippen molar-refractivity contribution in [1.29, 1.82) is 0 Å². The van der Waals surface area contributed by atoms with Gasteiger partial charge in [-0.1, -0.05) is 31.9 Å². The Kier molecular flexibility index (Phi) is 4.13. The Morgan fingerprint density at radius 1 is 1.50 bits per heavy atom. The highest BCUT2D eigenvalue weighted by Gasteiger charge is 2.10. The average molecular weight is 322 g/mol. The van der Waals surface area contributed by atoms with E-state index in [9.17, 15) is 4.79 Å². The lowest BCUT2D eigenvalue weighted by atomic mass is 10.1. The first-order valence-electron chi connectivity index (χ1n) is 4.03. The maximum absolute atomic E-state index is 11.3. The first-order chi connectivity index (χ1) is 6.60. The van der Waals surface area contributed by atoms with E-state index in [0.717, 1.165) is 20.9 Å². The van der Waals surface area contributed by atoms with Crippen molar-refractivity contribution in [2.24, 2.45) is 0 Å². The van der Waals surface area contributed by atoms with Crippen molar-refractivity contribution >= 4 is 37.8 Å². The molecule has 0 heterocycles. The molecule has 0 spiro atoms. The second-order valence-electron chi connectivity index (χ2n) is 2.87. The van der Waals surface area contributed by atoms with Crippen LogP contribution in [0.2, 0.25) is 0 Å². The third-order valence-electron chi connectivity index (χ3n) is 2.02. The highest BCUT2D eigenvalue weighted by molar-refractivity contribution is 9.10. The molecule has 0 fully saturated rings. The fraction of sp³-hybridized carbons (Fsp3) is 0.300. The molecule has 1 rings (SSSR count). The maximum Gasteiger partial charge on any atom is 0.337 e. The van der Waals surface area contributed by atoms with E-state index in [-0.39, 0.29) is 5.97 Å². The first-order valence-corrected chi connectivity index (χ1v) is 5.95. The van der Waals surface area contributed by atoms with Crippen molar-refractivity contribution in [3.63, 3.8) is 0 Å². The van der Waals surface area contributed by atoms with E-state index < -0.39 is 0 Å². The fourth-order valence-corrected chi connectivity index (χ4v) is 2.19. The molecule has 14 heavy (non-hydrogen) atoms. The number of benzene rings is 1. The molecule has 0 aromatic heterocycles. The maximum atomic E-state index is 11.3. The minimum Gasteiger partial charge on any atom is -0.465 e. The number of ether oxygens (including phenoxy) is 1. The third-order valence-corrected chi connectivity index (χ3v) is 3.44. The molecule has 1 aromatic rings. The molecule has 0 saturated carbocycles. The predicted molar refractivity (Wildman–Crippen MR) is 62.8 cm³/mol. The lowest BCUT2D eigenvalue weighted by Gasteiger charge is -2.07. The van der Waals surface area contributed by atoms with Gasteiger partial charge in [-0.05, 0) is 30.2 Å². The summed E-state index contributed by atoms with van der Waals surface area (Å²) in [6.07, 6.45) is 0. The molecule has 0 aliphatic rings. The van der Waals surface area contributed by atoms with Crippen molar-refractivity contribution in [3.05, 3.63) is 33.3 Å². The van der Waals surface area contributed by atoms with Gasteiger partial charge in [-0.2, -0.15) is 0 Å². The van der Waals surface area contributed by atoms with Gasteiger partial charge in [0.2, 0.25) is 0 Å². The molecule has 0 atom stereocenters. The van der Waals surface area contributed by atoms with Gasteiger partial charge in [0.25, 0.3) is 0 Å². The largest absolute Gasteiger partial charge is 0.465 e. The number of hydrogen-bond donors (Lipinski definition) is 0. The van der Waals surface area contributed by atoms with Gasteiger partial charge in [-0.15, -0.1) is 0 Å². The van der Waals surface area contributed by atoms with Crippen LogP contribution in [0.15, 0.2) is 16.6 Å². The van der Waals surface area contributed by atoms with Gasteiger partial charge in [0.05, 0.1) is 12.7 Å². The van der Waals surface area contributed by atoms with E-state index in [2.05, 4.69) is 36.6 Å². The Morgan fingerprint density at radius 2 is 2.14 bits per heavy atom. The van der Waals surface area contributed by atoms with Gasteiger partial charge in [0, 0.05) is 9.80 Å². The summed E-state index contributed by atoms with van der Waals surface area (Å²) in [6.45, 7) is 2.00. The number of esters is 1. The summed E-state index contributed by atoms with van der Waals surface area (Å²) in [6, 6.07) is 3.61. The second kappa shape index (κ2) is 4.94. The van der Waals surface area contributed by atoms with Crippen LogP contribution in [-0.2, 0) is 10.1 Å². The minimum atomic E-state index is -0.312. The lowest BCUT2D eigenvalue weighted by molar-refractivity contribution is 0.0600. The van der Waals surface area contributed by atoms with Crippen LogP contribution < -0.4 is 0 Å². The van der Waals surface area contributed by atoms with Crippen molar-refractivity contribution in [1.82, 2.24) is 0 Å². The van der Waals surface area contributed by atoms with Gasteiger partial charge in [0.1, 0.15) is 0 Å². The summed E-state index contributed by atoms with van der Waals surface area (Å²) >= 11 is 6.78. The minimum absolute atomic E-state index is 0.312. The summed E-state index contributed by atoms with van der Waals surface area (Å²) in [7, 11) is 1.38. The molecule has 0 aliphatic carbocycles. The molecule has 4 heteroatoms. The van der Waals surface area contributed by atoms with Gasteiger partial charge in [-0.25, -0.2) is 4.79 Å². The summed E-state index contributed by atoms with van der Waals surface area (Å²) in [4.78, 5) is 11.3. The SMILES string of the molecule is COC(=O)c1cc(Br)c(C)c(CBr)c1. The van der Waals surface area contributed by atoms with Crippen LogP contribution >= 0.6 is 31.9 Å². The Labute approximate surface area is 99.9 Å². The zero-order valence-electron chi connectivity index (χ0n) is 7.93. The molecule has 0 amide bonds. The van der Waals surface area contributed by atoms with Crippen molar-refractivity contribution < 1.29 is 9.53 Å². The molecule has 1 aromatic carbocycles. The Morgan fingerprint density at radius 3 is 2.64 bits per heavy atom. The van der Waals surface area contributed by atoms with Gasteiger partial charge in [-0.3, -0.25) is 0 Å². The monoisotopic (exact) mass is 320 g/mol. The number of hydrogen-bond acceptors (Lipinski definition) is 2. The highest BCUT2D eigenvalue weighted by atomic mass is 79.9. The van der Waals surface area contributed by atoms with Gasteiger partial charge < -0.3 is 4.74 Å². The molecule has 0 N–H and O–H groups in total. The van der Waals surface area contributed by atoms with E-state index in [4.69, 9.17) is 0 Å². The predicted octanol–water partition coefficient (Wildman–Crippen LogP) is 3.44. The van der Waals surface area contributed by atoms with Gasteiger partial charge in [0.15, 0.2) is 0 Å². The highest BCUT2D eigenvalue weighted by Crippen LogP contribution is 2.24. The number of halogens is 2. The second-order valence-corrected chi connectivity index (χ2v) is 4.28. The Bertz CT molecular complexity index is 361. The van der Waals surface area contributed by atoms with Crippen LogP contribution in [0.3, 0.4) is 0 Å². The molecule has 0 radical (unpaired) electrons. The van der Waals surface area contributed by atoms with E-state index in [0.29, 0.717) is 5.56 Å². The summed E-state index contributed by atoms with van der Waals surface area (Å²) in [5.74, 6) is -0.312. The standard InChI is InChI=1S/C10H10Br2O2/c1-6-8(5-11)3-7(4-9(6)12)10(13)14-2/h3-4H,5H2,1-2H3. The summed E-state index contributed by atoms with van der Waals surface area (Å²) in [5, 5.41) is 0.724. The zero-order valence-corrected chi connectivity index (χ0v) is 11.1. The van der Waals surface area contributed by atoms with Crippen LogP contribution in [0.5, 0.6) is 0 Å². The average Bonchev–Trinajstić information content (AvgIpc) is 2.20. The van der Waals surface area contributed by atoms with Crippen LogP contribution in [0.25, 0.3) is 0 Å². The van der Waals surface area contributed by atoms with Crippen LogP contribution in [0.4, 0.5) is 0 Å². The molecule has 0 unspecified atom stereocenters.